The topological polar surface area (TPSA) is 34.1 Å². The zero-order chi connectivity index (χ0) is 8.48. The van der Waals surface area contributed by atoms with Crippen LogP contribution < -0.4 is 0 Å². The van der Waals surface area contributed by atoms with E-state index in [4.69, 9.17) is 0 Å². The molecule has 2 heteroatoms. The normalized spacial score (nSPS) is 31.4. The summed E-state index contributed by atoms with van der Waals surface area (Å²) in [5.74, 6) is 0.539. The molecular weight excluding hydrogens is 140 g/mol. The van der Waals surface area contributed by atoms with Crippen molar-refractivity contribution < 1.29 is 9.59 Å². The van der Waals surface area contributed by atoms with Gasteiger partial charge >= 0.3 is 0 Å². The van der Waals surface area contributed by atoms with Crippen LogP contribution in [0.1, 0.15) is 33.1 Å². The van der Waals surface area contributed by atoms with Crippen molar-refractivity contribution in [3.63, 3.8) is 0 Å². The summed E-state index contributed by atoms with van der Waals surface area (Å²) in [7, 11) is 0. The molecule has 1 fully saturated rings. The number of aldehydes is 1. The van der Waals surface area contributed by atoms with Gasteiger partial charge in [0, 0.05) is 18.3 Å². The van der Waals surface area contributed by atoms with Gasteiger partial charge in [0.25, 0.3) is 0 Å². The molecule has 1 aliphatic rings. The van der Waals surface area contributed by atoms with Crippen LogP contribution in [0.25, 0.3) is 0 Å². The number of hydrogen-bond acceptors (Lipinski definition) is 2. The highest BCUT2D eigenvalue weighted by atomic mass is 16.1. The molecular formula is C9H14O2. The quantitative estimate of drug-likeness (QED) is 0.566. The summed E-state index contributed by atoms with van der Waals surface area (Å²) in [5.41, 5.74) is -0.322. The van der Waals surface area contributed by atoms with Gasteiger partial charge < -0.3 is 4.79 Å². The Labute approximate surface area is 67.0 Å². The average molecular weight is 154 g/mol. The molecule has 1 unspecified atom stereocenters. The van der Waals surface area contributed by atoms with E-state index in [2.05, 4.69) is 0 Å². The van der Waals surface area contributed by atoms with Gasteiger partial charge in [-0.2, -0.15) is 0 Å². The molecule has 62 valence electrons. The van der Waals surface area contributed by atoms with E-state index in [0.717, 1.165) is 12.7 Å². The molecule has 0 radical (unpaired) electrons. The molecule has 0 N–H and O–H groups in total. The number of ketones is 1. The lowest BCUT2D eigenvalue weighted by Gasteiger charge is -2.25. The molecule has 1 rings (SSSR count). The Morgan fingerprint density at radius 2 is 2.18 bits per heavy atom. The SMILES string of the molecule is CC(C)C1(C=O)CCC(=O)C1. The van der Waals surface area contributed by atoms with Crippen molar-refractivity contribution in [2.75, 3.05) is 0 Å². The van der Waals surface area contributed by atoms with Crippen LogP contribution in [-0.2, 0) is 9.59 Å². The molecule has 0 aromatic carbocycles. The molecule has 0 bridgehead atoms. The van der Waals surface area contributed by atoms with Crippen LogP contribution in [-0.4, -0.2) is 12.1 Å². The molecule has 1 atom stereocenters. The Hall–Kier alpha value is -0.660. The number of carbonyl (C=O) groups is 2. The molecule has 0 aromatic heterocycles. The smallest absolute Gasteiger partial charge is 0.133 e. The fraction of sp³-hybridized carbons (Fsp3) is 0.778. The van der Waals surface area contributed by atoms with Crippen LogP contribution in [0.2, 0.25) is 0 Å². The lowest BCUT2D eigenvalue weighted by Crippen LogP contribution is -2.25. The molecule has 0 amide bonds. The van der Waals surface area contributed by atoms with Gasteiger partial charge in [0.15, 0.2) is 0 Å². The summed E-state index contributed by atoms with van der Waals surface area (Å²) in [6.45, 7) is 4.01. The number of Topliss-reactive ketones (excluding diaryl/α,β-unsaturated/α-hetero) is 1. The molecule has 0 spiro atoms. The molecule has 0 aliphatic heterocycles. The second-order valence-electron chi connectivity index (χ2n) is 3.72. The van der Waals surface area contributed by atoms with Crippen molar-refractivity contribution in [3.05, 3.63) is 0 Å². The van der Waals surface area contributed by atoms with Crippen LogP contribution in [0.15, 0.2) is 0 Å². The largest absolute Gasteiger partial charge is 0.303 e. The van der Waals surface area contributed by atoms with E-state index in [9.17, 15) is 9.59 Å². The highest BCUT2D eigenvalue weighted by Crippen LogP contribution is 2.40. The minimum absolute atomic E-state index is 0.241. The van der Waals surface area contributed by atoms with Crippen LogP contribution in [0.3, 0.4) is 0 Å². The second-order valence-corrected chi connectivity index (χ2v) is 3.72. The zero-order valence-electron chi connectivity index (χ0n) is 7.09. The van der Waals surface area contributed by atoms with E-state index in [1.807, 2.05) is 13.8 Å². The van der Waals surface area contributed by atoms with Gasteiger partial charge in [-0.3, -0.25) is 4.79 Å². The third-order valence-corrected chi connectivity index (χ3v) is 2.78. The van der Waals surface area contributed by atoms with Gasteiger partial charge in [-0.05, 0) is 12.3 Å². The predicted molar refractivity (Wildman–Crippen MR) is 42.2 cm³/mol. The number of carbonyl (C=O) groups excluding carboxylic acids is 2. The van der Waals surface area contributed by atoms with Gasteiger partial charge in [0.05, 0.1) is 0 Å². The number of rotatable bonds is 2. The zero-order valence-corrected chi connectivity index (χ0v) is 7.09. The van der Waals surface area contributed by atoms with Gasteiger partial charge in [-0.1, -0.05) is 13.8 Å². The Balaban J connectivity index is 2.78. The van der Waals surface area contributed by atoms with E-state index in [1.165, 1.54) is 0 Å². The monoisotopic (exact) mass is 154 g/mol. The Kier molecular flexibility index (Phi) is 2.12. The lowest BCUT2D eigenvalue weighted by atomic mass is 9.77. The molecule has 1 saturated carbocycles. The average Bonchev–Trinajstić information content (AvgIpc) is 2.33. The van der Waals surface area contributed by atoms with Gasteiger partial charge in [0.1, 0.15) is 12.1 Å². The maximum atomic E-state index is 11.0. The summed E-state index contributed by atoms with van der Waals surface area (Å²) in [6.07, 6.45) is 2.79. The van der Waals surface area contributed by atoms with Gasteiger partial charge in [0.2, 0.25) is 0 Å². The summed E-state index contributed by atoms with van der Waals surface area (Å²) in [4.78, 5) is 21.7. The Morgan fingerprint density at radius 1 is 1.55 bits per heavy atom. The molecule has 0 heterocycles. The van der Waals surface area contributed by atoms with Crippen LogP contribution in [0, 0.1) is 11.3 Å². The van der Waals surface area contributed by atoms with Crippen molar-refractivity contribution in [1.29, 1.82) is 0 Å². The first kappa shape index (κ1) is 8.44. The minimum atomic E-state index is -0.322. The van der Waals surface area contributed by atoms with E-state index >= 15 is 0 Å². The fourth-order valence-corrected chi connectivity index (χ4v) is 1.65. The maximum Gasteiger partial charge on any atom is 0.133 e. The van der Waals surface area contributed by atoms with Crippen LogP contribution >= 0.6 is 0 Å². The fourth-order valence-electron chi connectivity index (χ4n) is 1.65. The van der Waals surface area contributed by atoms with Crippen LogP contribution in [0.4, 0.5) is 0 Å². The predicted octanol–water partition coefficient (Wildman–Crippen LogP) is 1.58. The number of hydrogen-bond donors (Lipinski definition) is 0. The standard InChI is InChI=1S/C9H14O2/c1-7(2)9(6-10)4-3-8(11)5-9/h6-7H,3-5H2,1-2H3. The van der Waals surface area contributed by atoms with Crippen molar-refractivity contribution in [2.24, 2.45) is 11.3 Å². The van der Waals surface area contributed by atoms with Crippen molar-refractivity contribution in [3.8, 4) is 0 Å². The Morgan fingerprint density at radius 3 is 2.36 bits per heavy atom. The van der Waals surface area contributed by atoms with E-state index < -0.39 is 0 Å². The molecule has 11 heavy (non-hydrogen) atoms. The van der Waals surface area contributed by atoms with Gasteiger partial charge in [-0.15, -0.1) is 0 Å². The van der Waals surface area contributed by atoms with Crippen molar-refractivity contribution in [2.45, 2.75) is 33.1 Å². The first-order valence-corrected chi connectivity index (χ1v) is 4.09. The Bertz CT molecular complexity index is 184. The highest BCUT2D eigenvalue weighted by Gasteiger charge is 2.40. The summed E-state index contributed by atoms with van der Waals surface area (Å²) in [6, 6.07) is 0. The lowest BCUT2D eigenvalue weighted by molar-refractivity contribution is -0.123. The molecule has 0 aromatic rings. The van der Waals surface area contributed by atoms with Crippen molar-refractivity contribution >= 4 is 12.1 Å². The highest BCUT2D eigenvalue weighted by molar-refractivity contribution is 5.86. The van der Waals surface area contributed by atoms with Crippen LogP contribution in [0.5, 0.6) is 0 Å². The maximum absolute atomic E-state index is 11.0. The van der Waals surface area contributed by atoms with E-state index in [1.54, 1.807) is 0 Å². The summed E-state index contributed by atoms with van der Waals surface area (Å²) < 4.78 is 0. The first-order valence-electron chi connectivity index (χ1n) is 4.09. The van der Waals surface area contributed by atoms with Crippen molar-refractivity contribution in [1.82, 2.24) is 0 Å². The summed E-state index contributed by atoms with van der Waals surface area (Å²) >= 11 is 0. The van der Waals surface area contributed by atoms with E-state index in [0.29, 0.717) is 18.8 Å². The molecule has 2 nitrogen and oxygen atoms in total. The third kappa shape index (κ3) is 1.35. The second kappa shape index (κ2) is 2.76. The van der Waals surface area contributed by atoms with E-state index in [-0.39, 0.29) is 11.2 Å². The third-order valence-electron chi connectivity index (χ3n) is 2.78. The van der Waals surface area contributed by atoms with Gasteiger partial charge in [-0.25, -0.2) is 0 Å². The molecule has 1 aliphatic carbocycles. The minimum Gasteiger partial charge on any atom is -0.303 e. The first-order chi connectivity index (χ1) is 5.10. The molecule has 0 saturated heterocycles. The summed E-state index contributed by atoms with van der Waals surface area (Å²) in [5, 5.41) is 0.